The van der Waals surface area contributed by atoms with Gasteiger partial charge in [-0.1, -0.05) is 13.8 Å². The van der Waals surface area contributed by atoms with Crippen LogP contribution < -0.4 is 0 Å². The predicted molar refractivity (Wildman–Crippen MR) is 86.0 cm³/mol. The van der Waals surface area contributed by atoms with Crippen molar-refractivity contribution in [2.45, 2.75) is 45.5 Å². The molecule has 2 aromatic heterocycles. The van der Waals surface area contributed by atoms with E-state index in [-0.39, 0.29) is 5.38 Å². The second kappa shape index (κ2) is 4.99. The minimum Gasteiger partial charge on any atom is -0.311 e. The molecule has 5 heteroatoms. The molecule has 108 valence electrons. The molecule has 0 saturated heterocycles. The number of pyridine rings is 1. The van der Waals surface area contributed by atoms with Crippen LogP contribution in [0.15, 0.2) is 16.7 Å². The topological polar surface area (TPSA) is 30.7 Å². The molecule has 0 N–H and O–H groups in total. The number of fused-ring (bicyclic) bond motifs is 1. The third kappa shape index (κ3) is 2.37. The molecule has 0 radical (unpaired) electrons. The van der Waals surface area contributed by atoms with Crippen molar-refractivity contribution in [1.82, 2.24) is 14.5 Å². The van der Waals surface area contributed by atoms with Crippen LogP contribution in [-0.4, -0.2) is 14.5 Å². The van der Waals surface area contributed by atoms with Crippen molar-refractivity contribution in [3.8, 4) is 0 Å². The Balaban J connectivity index is 2.10. The average molecular weight is 357 g/mol. The van der Waals surface area contributed by atoms with E-state index in [0.717, 1.165) is 28.0 Å². The summed E-state index contributed by atoms with van der Waals surface area (Å²) >= 11 is 9.78. The van der Waals surface area contributed by atoms with Crippen molar-refractivity contribution in [3.05, 3.63) is 22.6 Å². The molecule has 1 aliphatic rings. The highest BCUT2D eigenvalue weighted by Crippen LogP contribution is 2.53. The zero-order valence-electron chi connectivity index (χ0n) is 12.0. The molecule has 2 heterocycles. The van der Waals surface area contributed by atoms with Crippen molar-refractivity contribution < 1.29 is 0 Å². The van der Waals surface area contributed by atoms with Gasteiger partial charge in [0.05, 0.1) is 5.38 Å². The number of rotatable bonds is 4. The molecule has 3 rings (SSSR count). The zero-order valence-corrected chi connectivity index (χ0v) is 14.4. The summed E-state index contributed by atoms with van der Waals surface area (Å²) in [6.45, 7) is 7.56. The largest absolute Gasteiger partial charge is 0.311 e. The van der Waals surface area contributed by atoms with Gasteiger partial charge in [0.15, 0.2) is 5.65 Å². The van der Waals surface area contributed by atoms with E-state index < -0.39 is 0 Å². The summed E-state index contributed by atoms with van der Waals surface area (Å²) in [5, 5.41) is -0.106. The smallest absolute Gasteiger partial charge is 0.160 e. The Labute approximate surface area is 132 Å². The van der Waals surface area contributed by atoms with Gasteiger partial charge in [0.1, 0.15) is 11.3 Å². The summed E-state index contributed by atoms with van der Waals surface area (Å²) in [4.78, 5) is 9.23. The number of hydrogen-bond acceptors (Lipinski definition) is 2. The molecule has 0 aromatic carbocycles. The fourth-order valence-electron chi connectivity index (χ4n) is 2.86. The summed E-state index contributed by atoms with van der Waals surface area (Å²) < 4.78 is 3.18. The lowest BCUT2D eigenvalue weighted by atomic mass is 9.92. The Kier molecular flexibility index (Phi) is 3.57. The standard InChI is InChI=1S/C15H19BrClN3/c1-9(2)15(4-5-15)8-20-13(10(3)17)19-12-6-11(16)7-18-14(12)20/h6-7,9-10H,4-5,8H2,1-3H3. The first-order valence-electron chi connectivity index (χ1n) is 7.09. The molecule has 1 aliphatic carbocycles. The number of hydrogen-bond donors (Lipinski definition) is 0. The Bertz CT molecular complexity index is 644. The van der Waals surface area contributed by atoms with Crippen molar-refractivity contribution in [2.24, 2.45) is 11.3 Å². The van der Waals surface area contributed by atoms with E-state index >= 15 is 0 Å². The van der Waals surface area contributed by atoms with Crippen LogP contribution in [0.3, 0.4) is 0 Å². The van der Waals surface area contributed by atoms with Gasteiger partial charge in [-0.15, -0.1) is 11.6 Å². The molecule has 20 heavy (non-hydrogen) atoms. The quantitative estimate of drug-likeness (QED) is 0.727. The van der Waals surface area contributed by atoms with Gasteiger partial charge in [0.2, 0.25) is 0 Å². The van der Waals surface area contributed by atoms with E-state index in [4.69, 9.17) is 11.6 Å². The maximum absolute atomic E-state index is 6.33. The number of aromatic nitrogens is 3. The van der Waals surface area contributed by atoms with E-state index in [1.165, 1.54) is 12.8 Å². The van der Waals surface area contributed by atoms with Crippen LogP contribution in [0.1, 0.15) is 44.8 Å². The fraction of sp³-hybridized carbons (Fsp3) is 0.600. The van der Waals surface area contributed by atoms with E-state index in [9.17, 15) is 0 Å². The molecule has 1 atom stereocenters. The molecule has 0 amide bonds. The first-order valence-corrected chi connectivity index (χ1v) is 8.32. The molecular formula is C15H19BrClN3. The maximum atomic E-state index is 6.33. The van der Waals surface area contributed by atoms with Gasteiger partial charge in [-0.25, -0.2) is 9.97 Å². The summed E-state index contributed by atoms with van der Waals surface area (Å²) in [5.41, 5.74) is 2.27. The van der Waals surface area contributed by atoms with Crippen LogP contribution in [0, 0.1) is 11.3 Å². The third-order valence-corrected chi connectivity index (χ3v) is 5.16. The Hall–Kier alpha value is -0.610. The van der Waals surface area contributed by atoms with Gasteiger partial charge in [-0.3, -0.25) is 0 Å². The predicted octanol–water partition coefficient (Wildman–Crippen LogP) is 4.93. The van der Waals surface area contributed by atoms with Crippen molar-refractivity contribution >= 4 is 38.7 Å². The lowest BCUT2D eigenvalue weighted by molar-refractivity contribution is 0.308. The van der Waals surface area contributed by atoms with Crippen LogP contribution in [0.25, 0.3) is 11.2 Å². The summed E-state index contributed by atoms with van der Waals surface area (Å²) in [5.74, 6) is 1.60. The molecule has 1 unspecified atom stereocenters. The number of alkyl halides is 1. The third-order valence-electron chi connectivity index (χ3n) is 4.53. The molecule has 2 aromatic rings. The second-order valence-electron chi connectivity index (χ2n) is 6.19. The normalized spacial score (nSPS) is 18.7. The average Bonchev–Trinajstić information content (AvgIpc) is 3.07. The first kappa shape index (κ1) is 14.3. The lowest BCUT2D eigenvalue weighted by Crippen LogP contribution is -2.19. The zero-order chi connectivity index (χ0) is 14.5. The van der Waals surface area contributed by atoms with Crippen LogP contribution in [-0.2, 0) is 6.54 Å². The number of halogens is 2. The highest BCUT2D eigenvalue weighted by Gasteiger charge is 2.46. The van der Waals surface area contributed by atoms with Gasteiger partial charge in [-0.2, -0.15) is 0 Å². The monoisotopic (exact) mass is 355 g/mol. The maximum Gasteiger partial charge on any atom is 0.160 e. The molecule has 3 nitrogen and oxygen atoms in total. The Morgan fingerprint density at radius 1 is 1.40 bits per heavy atom. The highest BCUT2D eigenvalue weighted by molar-refractivity contribution is 9.10. The molecule has 1 fully saturated rings. The van der Waals surface area contributed by atoms with E-state index in [0.29, 0.717) is 11.3 Å². The molecule has 0 bridgehead atoms. The lowest BCUT2D eigenvalue weighted by Gasteiger charge is -2.22. The van der Waals surface area contributed by atoms with Gasteiger partial charge >= 0.3 is 0 Å². The van der Waals surface area contributed by atoms with Gasteiger partial charge in [-0.05, 0) is 53.1 Å². The van der Waals surface area contributed by atoms with E-state index in [2.05, 4.69) is 44.3 Å². The fourth-order valence-corrected chi connectivity index (χ4v) is 3.34. The minimum absolute atomic E-state index is 0.106. The summed E-state index contributed by atoms with van der Waals surface area (Å²) in [6.07, 6.45) is 4.41. The van der Waals surface area contributed by atoms with Gasteiger partial charge in [0.25, 0.3) is 0 Å². The van der Waals surface area contributed by atoms with Crippen LogP contribution in [0.5, 0.6) is 0 Å². The van der Waals surface area contributed by atoms with Crippen LogP contribution in [0.4, 0.5) is 0 Å². The molecule has 1 saturated carbocycles. The SMILES string of the molecule is CC(Cl)c1nc2cc(Br)cnc2n1CC1(C(C)C)CC1. The molecule has 0 spiro atoms. The van der Waals surface area contributed by atoms with Crippen molar-refractivity contribution in [1.29, 1.82) is 0 Å². The highest BCUT2D eigenvalue weighted by atomic mass is 79.9. The molecule has 0 aliphatic heterocycles. The molecular weight excluding hydrogens is 338 g/mol. The summed E-state index contributed by atoms with van der Waals surface area (Å²) in [6, 6.07) is 2.01. The van der Waals surface area contributed by atoms with Gasteiger partial charge < -0.3 is 4.57 Å². The van der Waals surface area contributed by atoms with Crippen molar-refractivity contribution in [3.63, 3.8) is 0 Å². The van der Waals surface area contributed by atoms with E-state index in [1.807, 2.05) is 19.2 Å². The second-order valence-corrected chi connectivity index (χ2v) is 7.76. The Morgan fingerprint density at radius 3 is 2.65 bits per heavy atom. The summed E-state index contributed by atoms with van der Waals surface area (Å²) in [7, 11) is 0. The van der Waals surface area contributed by atoms with Crippen molar-refractivity contribution in [2.75, 3.05) is 0 Å². The van der Waals surface area contributed by atoms with Crippen LogP contribution in [0.2, 0.25) is 0 Å². The first-order chi connectivity index (χ1) is 9.43. The number of nitrogens with zero attached hydrogens (tertiary/aromatic N) is 3. The Morgan fingerprint density at radius 2 is 2.10 bits per heavy atom. The van der Waals surface area contributed by atoms with Gasteiger partial charge in [0, 0.05) is 17.2 Å². The minimum atomic E-state index is -0.106. The number of imidazole rings is 1. The van der Waals surface area contributed by atoms with Crippen LogP contribution >= 0.6 is 27.5 Å². The van der Waals surface area contributed by atoms with E-state index in [1.54, 1.807) is 0 Å².